The van der Waals surface area contributed by atoms with Crippen LogP contribution in [0, 0.1) is 22.7 Å². The van der Waals surface area contributed by atoms with Gasteiger partial charge in [-0.15, -0.1) is 0 Å². The lowest BCUT2D eigenvalue weighted by Gasteiger charge is -2.20. The SMILES string of the molecule is N#CC(C#N)(c1ccc(N)cc1)c1ccc(N)cc1. The molecule has 0 fully saturated rings. The fourth-order valence-corrected chi connectivity index (χ4v) is 1.92. The number of nitrogens with zero attached hydrogens (tertiary/aromatic N) is 2. The number of anilines is 2. The first-order chi connectivity index (χ1) is 9.12. The van der Waals surface area contributed by atoms with Crippen LogP contribution in [0.4, 0.5) is 11.4 Å². The summed E-state index contributed by atoms with van der Waals surface area (Å²) in [5, 5.41) is 19.0. The molecule has 0 aromatic heterocycles. The Morgan fingerprint density at radius 2 is 1.00 bits per heavy atom. The molecule has 0 aliphatic rings. The van der Waals surface area contributed by atoms with Crippen LogP contribution in [0.3, 0.4) is 0 Å². The van der Waals surface area contributed by atoms with Gasteiger partial charge < -0.3 is 11.5 Å². The molecule has 0 saturated carbocycles. The van der Waals surface area contributed by atoms with Gasteiger partial charge in [0.2, 0.25) is 0 Å². The number of hydrogen-bond donors (Lipinski definition) is 2. The summed E-state index contributed by atoms with van der Waals surface area (Å²) in [5.74, 6) is 0. The van der Waals surface area contributed by atoms with E-state index in [9.17, 15) is 10.5 Å². The van der Waals surface area contributed by atoms with Gasteiger partial charge in [-0.2, -0.15) is 10.5 Å². The maximum Gasteiger partial charge on any atom is 0.193 e. The summed E-state index contributed by atoms with van der Waals surface area (Å²) in [6, 6.07) is 17.7. The standard InChI is InChI=1S/C15H12N4/c16-9-15(10-17,11-1-5-13(18)6-2-11)12-3-7-14(19)8-4-12/h1-8H,18-19H2. The first-order valence-corrected chi connectivity index (χ1v) is 5.67. The van der Waals surface area contributed by atoms with E-state index in [1.807, 2.05) is 0 Å². The van der Waals surface area contributed by atoms with Crippen molar-refractivity contribution in [3.8, 4) is 12.1 Å². The van der Waals surface area contributed by atoms with E-state index in [0.29, 0.717) is 22.5 Å². The number of hydrogen-bond acceptors (Lipinski definition) is 4. The lowest BCUT2D eigenvalue weighted by Crippen LogP contribution is -2.23. The Morgan fingerprint density at radius 1 is 0.684 bits per heavy atom. The highest BCUT2D eigenvalue weighted by Crippen LogP contribution is 2.32. The summed E-state index contributed by atoms with van der Waals surface area (Å²) in [5.41, 5.74) is 12.3. The van der Waals surface area contributed by atoms with E-state index in [1.54, 1.807) is 48.5 Å². The van der Waals surface area contributed by atoms with Crippen molar-refractivity contribution < 1.29 is 0 Å². The predicted molar refractivity (Wildman–Crippen MR) is 73.7 cm³/mol. The third kappa shape index (κ3) is 2.08. The molecule has 92 valence electrons. The van der Waals surface area contributed by atoms with Crippen molar-refractivity contribution >= 4 is 11.4 Å². The maximum atomic E-state index is 9.49. The van der Waals surface area contributed by atoms with Gasteiger partial charge in [-0.1, -0.05) is 24.3 Å². The molecule has 0 heterocycles. The molecule has 0 bridgehead atoms. The minimum Gasteiger partial charge on any atom is -0.399 e. The average Bonchev–Trinajstić information content (AvgIpc) is 2.44. The monoisotopic (exact) mass is 248 g/mol. The van der Waals surface area contributed by atoms with Crippen LogP contribution in [-0.4, -0.2) is 0 Å². The fourth-order valence-electron chi connectivity index (χ4n) is 1.92. The Labute approximate surface area is 111 Å². The quantitative estimate of drug-likeness (QED) is 0.795. The summed E-state index contributed by atoms with van der Waals surface area (Å²) in [6.07, 6.45) is 0. The van der Waals surface area contributed by atoms with Crippen LogP contribution in [0.5, 0.6) is 0 Å². The lowest BCUT2D eigenvalue weighted by atomic mass is 9.77. The topological polar surface area (TPSA) is 99.6 Å². The zero-order valence-electron chi connectivity index (χ0n) is 10.2. The summed E-state index contributed by atoms with van der Waals surface area (Å²) >= 11 is 0. The molecule has 2 aromatic rings. The molecule has 4 heteroatoms. The second-order valence-electron chi connectivity index (χ2n) is 4.22. The van der Waals surface area contributed by atoms with Gasteiger partial charge in [-0.05, 0) is 35.4 Å². The van der Waals surface area contributed by atoms with Crippen molar-refractivity contribution in [1.82, 2.24) is 0 Å². The van der Waals surface area contributed by atoms with Crippen molar-refractivity contribution in [3.63, 3.8) is 0 Å². The van der Waals surface area contributed by atoms with E-state index < -0.39 is 5.41 Å². The van der Waals surface area contributed by atoms with Crippen molar-refractivity contribution in [2.45, 2.75) is 5.41 Å². The molecule has 0 aliphatic carbocycles. The smallest absolute Gasteiger partial charge is 0.193 e. The Bertz CT molecular complexity index is 596. The number of nitriles is 2. The van der Waals surface area contributed by atoms with Gasteiger partial charge in [-0.25, -0.2) is 0 Å². The highest BCUT2D eigenvalue weighted by atomic mass is 14.5. The maximum absolute atomic E-state index is 9.49. The van der Waals surface area contributed by atoms with Crippen LogP contribution in [0.25, 0.3) is 0 Å². The van der Waals surface area contributed by atoms with Crippen LogP contribution in [0.15, 0.2) is 48.5 Å². The molecule has 19 heavy (non-hydrogen) atoms. The minimum absolute atomic E-state index is 0.589. The highest BCUT2D eigenvalue weighted by molar-refractivity contribution is 5.56. The summed E-state index contributed by atoms with van der Waals surface area (Å²) < 4.78 is 0. The third-order valence-electron chi connectivity index (χ3n) is 3.02. The zero-order chi connectivity index (χ0) is 13.9. The number of benzene rings is 2. The van der Waals surface area contributed by atoms with Crippen molar-refractivity contribution in [1.29, 1.82) is 10.5 Å². The Hall–Kier alpha value is -2.98. The first-order valence-electron chi connectivity index (χ1n) is 5.67. The molecule has 0 amide bonds. The molecule has 2 aromatic carbocycles. The minimum atomic E-state index is -1.35. The number of nitrogens with two attached hydrogens (primary N) is 2. The molecule has 2 rings (SSSR count). The highest BCUT2D eigenvalue weighted by Gasteiger charge is 2.34. The second-order valence-corrected chi connectivity index (χ2v) is 4.22. The predicted octanol–water partition coefficient (Wildman–Crippen LogP) is 2.18. The van der Waals surface area contributed by atoms with Gasteiger partial charge in [0.15, 0.2) is 5.41 Å². The molecule has 4 N–H and O–H groups in total. The molecule has 0 aliphatic heterocycles. The fraction of sp³-hybridized carbons (Fsp3) is 0.0667. The molecule has 0 atom stereocenters. The Kier molecular flexibility index (Phi) is 3.10. The molecular formula is C15H12N4. The van der Waals surface area contributed by atoms with E-state index in [2.05, 4.69) is 12.1 Å². The largest absolute Gasteiger partial charge is 0.399 e. The van der Waals surface area contributed by atoms with Crippen LogP contribution < -0.4 is 11.5 Å². The van der Waals surface area contributed by atoms with Crippen molar-refractivity contribution in [3.05, 3.63) is 59.7 Å². The van der Waals surface area contributed by atoms with E-state index in [-0.39, 0.29) is 0 Å². The molecule has 4 nitrogen and oxygen atoms in total. The second kappa shape index (κ2) is 4.72. The van der Waals surface area contributed by atoms with Gasteiger partial charge in [0, 0.05) is 11.4 Å². The summed E-state index contributed by atoms with van der Waals surface area (Å²) in [7, 11) is 0. The third-order valence-corrected chi connectivity index (χ3v) is 3.02. The molecule has 0 unspecified atom stereocenters. The van der Waals surface area contributed by atoms with Gasteiger partial charge in [0.1, 0.15) is 0 Å². The first kappa shape index (κ1) is 12.5. The van der Waals surface area contributed by atoms with E-state index in [1.165, 1.54) is 0 Å². The molecular weight excluding hydrogens is 236 g/mol. The zero-order valence-corrected chi connectivity index (χ0v) is 10.2. The van der Waals surface area contributed by atoms with Crippen molar-refractivity contribution in [2.24, 2.45) is 0 Å². The van der Waals surface area contributed by atoms with Crippen molar-refractivity contribution in [2.75, 3.05) is 11.5 Å². The molecule has 0 radical (unpaired) electrons. The molecule has 0 spiro atoms. The van der Waals surface area contributed by atoms with Crippen LogP contribution in [0.1, 0.15) is 11.1 Å². The average molecular weight is 248 g/mol. The summed E-state index contributed by atoms with van der Waals surface area (Å²) in [6.45, 7) is 0. The van der Waals surface area contributed by atoms with Gasteiger partial charge in [0.25, 0.3) is 0 Å². The number of rotatable bonds is 2. The lowest BCUT2D eigenvalue weighted by molar-refractivity contribution is 0.849. The van der Waals surface area contributed by atoms with Gasteiger partial charge in [0.05, 0.1) is 12.1 Å². The van der Waals surface area contributed by atoms with Crippen LogP contribution in [0.2, 0.25) is 0 Å². The van der Waals surface area contributed by atoms with E-state index in [0.717, 1.165) is 0 Å². The normalized spacial score (nSPS) is 10.4. The van der Waals surface area contributed by atoms with Gasteiger partial charge >= 0.3 is 0 Å². The van der Waals surface area contributed by atoms with Crippen LogP contribution >= 0.6 is 0 Å². The van der Waals surface area contributed by atoms with Crippen LogP contribution in [-0.2, 0) is 5.41 Å². The number of nitrogen functional groups attached to an aromatic ring is 2. The molecule has 0 saturated heterocycles. The van der Waals surface area contributed by atoms with E-state index >= 15 is 0 Å². The summed E-state index contributed by atoms with van der Waals surface area (Å²) in [4.78, 5) is 0. The Balaban J connectivity index is 2.62. The van der Waals surface area contributed by atoms with Gasteiger partial charge in [-0.3, -0.25) is 0 Å². The Morgan fingerprint density at radius 3 is 1.26 bits per heavy atom. The van der Waals surface area contributed by atoms with E-state index in [4.69, 9.17) is 11.5 Å².